The van der Waals surface area contributed by atoms with Gasteiger partial charge in [-0.25, -0.2) is 5.43 Å². The van der Waals surface area contributed by atoms with E-state index in [0.29, 0.717) is 5.75 Å². The number of likely N-dealkylation sites (N-methyl/N-ethyl adjacent to an activating group) is 1. The standard InChI is InChI=1S/C27H29N3O3/c1-6-30-23-14-25(33-5)20(12-21(23)17(2)15-27(30,3)4)16-28-29-26(32)22-11-18-9-7-8-10-19(18)13-24(22)31/h7-16,31H,6H2,1-5H3,(H,29,32)/b28-16-. The number of nitrogens with zero attached hydrogens (tertiary/aromatic N) is 2. The molecule has 6 heteroatoms. The maximum absolute atomic E-state index is 12.7. The number of amides is 1. The van der Waals surface area contributed by atoms with Crippen LogP contribution in [0.2, 0.25) is 0 Å². The van der Waals surface area contributed by atoms with Crippen LogP contribution >= 0.6 is 0 Å². The topological polar surface area (TPSA) is 74.2 Å². The van der Waals surface area contributed by atoms with E-state index in [2.05, 4.69) is 49.2 Å². The average molecular weight is 444 g/mol. The van der Waals surface area contributed by atoms with Gasteiger partial charge in [0, 0.05) is 29.4 Å². The van der Waals surface area contributed by atoms with E-state index in [1.807, 2.05) is 36.4 Å². The Morgan fingerprint density at radius 1 is 1.18 bits per heavy atom. The first-order valence-electron chi connectivity index (χ1n) is 11.0. The van der Waals surface area contributed by atoms with Gasteiger partial charge >= 0.3 is 0 Å². The molecule has 0 saturated carbocycles. The summed E-state index contributed by atoms with van der Waals surface area (Å²) in [5, 5.41) is 16.2. The maximum Gasteiger partial charge on any atom is 0.275 e. The van der Waals surface area contributed by atoms with Crippen molar-refractivity contribution >= 4 is 34.2 Å². The minimum Gasteiger partial charge on any atom is -0.507 e. The highest BCUT2D eigenvalue weighted by atomic mass is 16.5. The second-order valence-electron chi connectivity index (χ2n) is 8.75. The SMILES string of the molecule is CCN1c2cc(OC)c(/C=N\NC(=O)c3cc4ccccc4cc3O)cc2C(C)=CC1(C)C. The van der Waals surface area contributed by atoms with Crippen molar-refractivity contribution in [3.63, 3.8) is 0 Å². The summed E-state index contributed by atoms with van der Waals surface area (Å²) in [5.74, 6) is 0.0986. The molecule has 33 heavy (non-hydrogen) atoms. The Balaban J connectivity index is 1.62. The molecule has 0 atom stereocenters. The quantitative estimate of drug-likeness (QED) is 0.412. The molecule has 0 aromatic heterocycles. The largest absolute Gasteiger partial charge is 0.507 e. The number of benzene rings is 3. The predicted molar refractivity (Wildman–Crippen MR) is 134 cm³/mol. The summed E-state index contributed by atoms with van der Waals surface area (Å²) in [5.41, 5.74) is 6.75. The molecule has 0 radical (unpaired) electrons. The molecule has 1 amide bonds. The van der Waals surface area contributed by atoms with Gasteiger partial charge in [-0.15, -0.1) is 0 Å². The van der Waals surface area contributed by atoms with Gasteiger partial charge in [-0.05, 0) is 62.2 Å². The highest BCUT2D eigenvalue weighted by molar-refractivity contribution is 6.02. The normalized spacial score (nSPS) is 14.8. The lowest BCUT2D eigenvalue weighted by molar-refractivity contribution is 0.0952. The van der Waals surface area contributed by atoms with Crippen molar-refractivity contribution in [1.29, 1.82) is 0 Å². The third-order valence-corrected chi connectivity index (χ3v) is 6.12. The molecule has 1 aliphatic heterocycles. The Bertz CT molecular complexity index is 1290. The number of hydrazone groups is 1. The van der Waals surface area contributed by atoms with E-state index in [-0.39, 0.29) is 16.9 Å². The number of phenols is 1. The third-order valence-electron chi connectivity index (χ3n) is 6.12. The number of allylic oxidation sites excluding steroid dienone is 1. The van der Waals surface area contributed by atoms with Gasteiger partial charge in [0.05, 0.1) is 24.4 Å². The van der Waals surface area contributed by atoms with Crippen LogP contribution < -0.4 is 15.1 Å². The molecule has 170 valence electrons. The highest BCUT2D eigenvalue weighted by Gasteiger charge is 2.31. The van der Waals surface area contributed by atoms with Crippen molar-refractivity contribution < 1.29 is 14.6 Å². The molecule has 2 N–H and O–H groups in total. The number of nitrogens with one attached hydrogen (secondary N) is 1. The van der Waals surface area contributed by atoms with Crippen LogP contribution in [0.5, 0.6) is 11.5 Å². The smallest absolute Gasteiger partial charge is 0.275 e. The average Bonchev–Trinajstić information content (AvgIpc) is 2.78. The highest BCUT2D eigenvalue weighted by Crippen LogP contribution is 2.41. The zero-order valence-electron chi connectivity index (χ0n) is 19.6. The van der Waals surface area contributed by atoms with E-state index in [9.17, 15) is 9.90 Å². The molecular weight excluding hydrogens is 414 g/mol. The Hall–Kier alpha value is -3.80. The van der Waals surface area contributed by atoms with Crippen molar-refractivity contribution in [2.75, 3.05) is 18.6 Å². The molecular formula is C27H29N3O3. The van der Waals surface area contributed by atoms with Crippen molar-refractivity contribution in [1.82, 2.24) is 5.43 Å². The first kappa shape index (κ1) is 22.4. The number of carbonyl (C=O) groups excluding carboxylic acids is 1. The molecule has 0 fully saturated rings. The van der Waals surface area contributed by atoms with Crippen LogP contribution in [0.3, 0.4) is 0 Å². The second kappa shape index (κ2) is 8.62. The van der Waals surface area contributed by atoms with Crippen LogP contribution in [0.4, 0.5) is 5.69 Å². The predicted octanol–water partition coefficient (Wildman–Crippen LogP) is 5.34. The Kier molecular flexibility index (Phi) is 5.85. The van der Waals surface area contributed by atoms with Gasteiger partial charge in [0.15, 0.2) is 0 Å². The number of anilines is 1. The van der Waals surface area contributed by atoms with Crippen molar-refractivity contribution in [2.24, 2.45) is 5.10 Å². The van der Waals surface area contributed by atoms with E-state index in [1.165, 1.54) is 5.57 Å². The molecule has 0 spiro atoms. The zero-order valence-corrected chi connectivity index (χ0v) is 19.6. The number of hydrogen-bond donors (Lipinski definition) is 2. The fourth-order valence-electron chi connectivity index (χ4n) is 4.61. The number of carbonyl (C=O) groups is 1. The van der Waals surface area contributed by atoms with E-state index in [4.69, 9.17) is 4.74 Å². The fourth-order valence-corrected chi connectivity index (χ4v) is 4.61. The third kappa shape index (κ3) is 4.16. The van der Waals surface area contributed by atoms with Gasteiger partial charge in [-0.2, -0.15) is 5.10 Å². The maximum atomic E-state index is 12.7. The number of fused-ring (bicyclic) bond motifs is 2. The van der Waals surface area contributed by atoms with Crippen molar-refractivity contribution in [3.05, 3.63) is 71.3 Å². The Labute approximate surface area is 194 Å². The van der Waals surface area contributed by atoms with E-state index in [0.717, 1.165) is 34.1 Å². The summed E-state index contributed by atoms with van der Waals surface area (Å²) in [6, 6.07) is 14.8. The van der Waals surface area contributed by atoms with Crippen LogP contribution in [-0.2, 0) is 0 Å². The number of methoxy groups -OCH3 is 1. The lowest BCUT2D eigenvalue weighted by Crippen LogP contribution is -2.44. The molecule has 6 nitrogen and oxygen atoms in total. The van der Waals surface area contributed by atoms with Crippen LogP contribution in [0.15, 0.2) is 59.7 Å². The van der Waals surface area contributed by atoms with Gasteiger partial charge in [0.25, 0.3) is 5.91 Å². The number of hydrogen-bond acceptors (Lipinski definition) is 5. The molecule has 3 aromatic rings. The van der Waals surface area contributed by atoms with Gasteiger partial charge < -0.3 is 14.7 Å². The number of ether oxygens (including phenoxy) is 1. The van der Waals surface area contributed by atoms with Crippen LogP contribution in [0.1, 0.15) is 49.2 Å². The lowest BCUT2D eigenvalue weighted by atomic mass is 9.88. The van der Waals surface area contributed by atoms with Crippen molar-refractivity contribution in [3.8, 4) is 11.5 Å². The van der Waals surface area contributed by atoms with Crippen molar-refractivity contribution in [2.45, 2.75) is 33.2 Å². The molecule has 1 aliphatic rings. The van der Waals surface area contributed by atoms with Crippen LogP contribution in [-0.4, -0.2) is 36.4 Å². The van der Waals surface area contributed by atoms with Gasteiger partial charge in [-0.1, -0.05) is 30.3 Å². The molecule has 0 bridgehead atoms. The molecule has 1 heterocycles. The van der Waals surface area contributed by atoms with Gasteiger partial charge in [-0.3, -0.25) is 4.79 Å². The second-order valence-corrected chi connectivity index (χ2v) is 8.75. The zero-order chi connectivity index (χ0) is 23.8. The number of phenolic OH excluding ortho intramolecular Hbond substituents is 1. The fraction of sp³-hybridized carbons (Fsp3) is 0.259. The summed E-state index contributed by atoms with van der Waals surface area (Å²) in [6.45, 7) is 9.50. The van der Waals surface area contributed by atoms with E-state index in [1.54, 1.807) is 25.5 Å². The molecule has 3 aromatic carbocycles. The monoisotopic (exact) mass is 443 g/mol. The van der Waals surface area contributed by atoms with Crippen LogP contribution in [0, 0.1) is 0 Å². The van der Waals surface area contributed by atoms with E-state index < -0.39 is 5.91 Å². The Morgan fingerprint density at radius 2 is 1.88 bits per heavy atom. The first-order chi connectivity index (χ1) is 15.7. The molecule has 0 saturated heterocycles. The lowest BCUT2D eigenvalue weighted by Gasteiger charge is -2.43. The van der Waals surface area contributed by atoms with Gasteiger partial charge in [0.1, 0.15) is 11.5 Å². The minimum absolute atomic E-state index is 0.0872. The number of aromatic hydroxyl groups is 1. The number of rotatable bonds is 5. The summed E-state index contributed by atoms with van der Waals surface area (Å²) in [4.78, 5) is 15.0. The molecule has 0 aliphatic carbocycles. The van der Waals surface area contributed by atoms with Gasteiger partial charge in [0.2, 0.25) is 0 Å². The summed E-state index contributed by atoms with van der Waals surface area (Å²) in [7, 11) is 1.62. The first-order valence-corrected chi connectivity index (χ1v) is 11.0. The minimum atomic E-state index is -0.485. The molecule has 4 rings (SSSR count). The van der Waals surface area contributed by atoms with Crippen LogP contribution in [0.25, 0.3) is 16.3 Å². The van der Waals surface area contributed by atoms with E-state index >= 15 is 0 Å². The summed E-state index contributed by atoms with van der Waals surface area (Å²) >= 11 is 0. The molecule has 0 unspecified atom stereocenters. The Morgan fingerprint density at radius 3 is 2.55 bits per heavy atom. The summed E-state index contributed by atoms with van der Waals surface area (Å²) in [6.07, 6.45) is 3.83. The summed E-state index contributed by atoms with van der Waals surface area (Å²) < 4.78 is 5.63.